The molecule has 3 nitrogen and oxygen atoms in total. The summed E-state index contributed by atoms with van der Waals surface area (Å²) in [5.41, 5.74) is 32.0. The summed E-state index contributed by atoms with van der Waals surface area (Å²) < 4.78 is 0. The molecular weight excluding hydrogens is 990 g/mol. The van der Waals surface area contributed by atoms with Crippen LogP contribution in [0, 0.1) is 13.8 Å². The summed E-state index contributed by atoms with van der Waals surface area (Å²) in [6.45, 7) is 50.4. The number of benzene rings is 6. The fourth-order valence-electron chi connectivity index (χ4n) is 18.7. The first kappa shape index (κ1) is 54.7. The Morgan fingerprint density at radius 2 is 0.732 bits per heavy atom. The molecule has 0 N–H and O–H groups in total. The molecule has 14 rings (SSSR count). The number of aryl methyl sites for hydroxylation is 2. The molecule has 1 fully saturated rings. The van der Waals surface area contributed by atoms with Crippen LogP contribution in [0.4, 0.5) is 45.5 Å². The average molecular weight is 1090 g/mol. The summed E-state index contributed by atoms with van der Waals surface area (Å²) in [6.07, 6.45) is 14.3. The van der Waals surface area contributed by atoms with Crippen molar-refractivity contribution in [3.63, 3.8) is 0 Å². The molecule has 0 amide bonds. The van der Waals surface area contributed by atoms with Gasteiger partial charge in [-0.2, -0.15) is 0 Å². The number of fused-ring (bicyclic) bond motifs is 11. The molecule has 3 aliphatic heterocycles. The molecule has 0 spiro atoms. The molecule has 3 heterocycles. The van der Waals surface area contributed by atoms with Crippen molar-refractivity contribution >= 4 is 68.6 Å². The Labute approximate surface area is 496 Å². The fraction of sp³-hybridized carbons (Fsp3) is 0.538. The van der Waals surface area contributed by atoms with Gasteiger partial charge in [0.2, 0.25) is 0 Å². The average Bonchev–Trinajstić information content (AvgIpc) is 1.34. The molecule has 8 aliphatic rings. The highest BCUT2D eigenvalue weighted by molar-refractivity contribution is 7.00. The second-order valence-corrected chi connectivity index (χ2v) is 34.1. The molecule has 1 saturated carbocycles. The molecule has 4 heteroatoms. The maximum absolute atomic E-state index is 2.90. The Hall–Kier alpha value is -5.22. The van der Waals surface area contributed by atoms with Gasteiger partial charge < -0.3 is 14.7 Å². The molecule has 0 aromatic heterocycles. The van der Waals surface area contributed by atoms with E-state index in [-0.39, 0.29) is 61.0 Å². The normalized spacial score (nSPS) is 26.2. The highest BCUT2D eigenvalue weighted by Crippen LogP contribution is 2.63. The first-order valence-corrected chi connectivity index (χ1v) is 32.5. The van der Waals surface area contributed by atoms with Crippen molar-refractivity contribution in [2.45, 2.75) is 270 Å². The first-order valence-electron chi connectivity index (χ1n) is 32.5. The minimum absolute atomic E-state index is 0.0000902. The highest BCUT2D eigenvalue weighted by Gasteiger charge is 2.59. The summed E-state index contributed by atoms with van der Waals surface area (Å²) in [4.78, 5) is 8.59. The van der Waals surface area contributed by atoms with Crippen molar-refractivity contribution in [3.05, 3.63) is 146 Å². The van der Waals surface area contributed by atoms with Crippen LogP contribution in [0.1, 0.15) is 263 Å². The third-order valence-corrected chi connectivity index (χ3v) is 25.0. The van der Waals surface area contributed by atoms with E-state index in [1.54, 1.807) is 11.1 Å². The van der Waals surface area contributed by atoms with Gasteiger partial charge in [0, 0.05) is 50.9 Å². The van der Waals surface area contributed by atoms with Crippen LogP contribution >= 0.6 is 0 Å². The summed E-state index contributed by atoms with van der Waals surface area (Å²) in [5.74, 6) is 0. The van der Waals surface area contributed by atoms with E-state index in [4.69, 9.17) is 0 Å². The van der Waals surface area contributed by atoms with Crippen LogP contribution < -0.4 is 31.1 Å². The fourth-order valence-corrected chi connectivity index (χ4v) is 18.7. The van der Waals surface area contributed by atoms with Crippen molar-refractivity contribution in [2.24, 2.45) is 0 Å². The van der Waals surface area contributed by atoms with E-state index in [9.17, 15) is 0 Å². The third kappa shape index (κ3) is 7.39. The monoisotopic (exact) mass is 1090 g/mol. The lowest BCUT2D eigenvalue weighted by Gasteiger charge is -2.52. The maximum Gasteiger partial charge on any atom is 0.252 e. The zero-order valence-electron chi connectivity index (χ0n) is 54.5. The molecule has 0 bridgehead atoms. The first-order chi connectivity index (χ1) is 38.1. The van der Waals surface area contributed by atoms with Crippen molar-refractivity contribution in [1.82, 2.24) is 0 Å². The predicted octanol–water partition coefficient (Wildman–Crippen LogP) is 19.5. The SMILES string of the molecule is Cc1ccc2c(c1)C1(C)CCCCC1(C)N2c1cc2c3c(c1)N(c1cc4c(cc1C)C(C)(C)CCC4(C)C)c1cc4c(cc1B3c1cc3c(cc1N2c1ccc2c(c1)C(C)(C)CCC2(C)C)C(C)(C)CCC3(C)C)C(C)(C)CCC4(C)C. The minimum atomic E-state index is -0.126. The van der Waals surface area contributed by atoms with Crippen LogP contribution in [0.15, 0.2) is 84.9 Å². The lowest BCUT2D eigenvalue weighted by atomic mass is 9.32. The molecule has 2 atom stereocenters. The van der Waals surface area contributed by atoms with E-state index >= 15 is 0 Å². The minimum Gasteiger partial charge on any atom is -0.334 e. The Bertz CT molecular complexity index is 3760. The van der Waals surface area contributed by atoms with E-state index in [0.717, 1.165) is 6.42 Å². The largest absolute Gasteiger partial charge is 0.334 e. The van der Waals surface area contributed by atoms with E-state index in [2.05, 4.69) is 238 Å². The van der Waals surface area contributed by atoms with Gasteiger partial charge in [-0.15, -0.1) is 0 Å². The van der Waals surface area contributed by atoms with Crippen LogP contribution in [-0.2, 0) is 48.7 Å². The summed E-state index contributed by atoms with van der Waals surface area (Å²) in [6, 6.07) is 37.1. The van der Waals surface area contributed by atoms with E-state index < -0.39 is 0 Å². The van der Waals surface area contributed by atoms with Crippen molar-refractivity contribution < 1.29 is 0 Å². The number of hydrogen-bond acceptors (Lipinski definition) is 3. The molecular formula is C78H98BN3. The lowest BCUT2D eigenvalue weighted by Crippen LogP contribution is -2.62. The van der Waals surface area contributed by atoms with Crippen LogP contribution in [0.3, 0.4) is 0 Å². The standard InChI is InChI=1S/C78H98BN3/c1-47-23-26-62-59(37-47)77(19)27-21-22-28-78(77,20)82(62)50-40-66-68-67(41-50)81(63-44-56-52(38-48(63)2)70(5,6)31-34-74(56,13)14)65-46-58-55(73(11,12)33-36-76(58,17)18)43-61(65)79(68)60-42-54-57(75(15,16)35-32-72(54,9)10)45-64(60)80(66)49-24-25-51-53(39-49)71(7,8)30-29-69(51,3)4/h23-26,37-46H,21-22,27-36H2,1-20H3. The van der Waals surface area contributed by atoms with Crippen molar-refractivity contribution in [2.75, 3.05) is 14.7 Å². The van der Waals surface area contributed by atoms with Gasteiger partial charge in [-0.1, -0.05) is 173 Å². The summed E-state index contributed by atoms with van der Waals surface area (Å²) in [7, 11) is 0. The van der Waals surface area contributed by atoms with Gasteiger partial charge in [0.25, 0.3) is 6.71 Å². The van der Waals surface area contributed by atoms with Crippen molar-refractivity contribution in [1.29, 1.82) is 0 Å². The topological polar surface area (TPSA) is 9.72 Å². The Balaban J connectivity index is 1.17. The molecule has 82 heavy (non-hydrogen) atoms. The number of hydrogen-bond donors (Lipinski definition) is 0. The Morgan fingerprint density at radius 3 is 1.24 bits per heavy atom. The Kier molecular flexibility index (Phi) is 11.2. The molecule has 6 aromatic rings. The van der Waals surface area contributed by atoms with Gasteiger partial charge in [0.05, 0.1) is 5.54 Å². The molecule has 0 radical (unpaired) electrons. The smallest absolute Gasteiger partial charge is 0.252 e. The van der Waals surface area contributed by atoms with Gasteiger partial charge in [-0.3, -0.25) is 0 Å². The van der Waals surface area contributed by atoms with Gasteiger partial charge in [0.1, 0.15) is 0 Å². The van der Waals surface area contributed by atoms with Gasteiger partial charge in [0.15, 0.2) is 0 Å². The molecule has 5 aliphatic carbocycles. The van der Waals surface area contributed by atoms with E-state index in [0.29, 0.717) is 0 Å². The zero-order chi connectivity index (χ0) is 58.4. The number of nitrogens with zero attached hydrogens (tertiary/aromatic N) is 3. The summed E-state index contributed by atoms with van der Waals surface area (Å²) in [5, 5.41) is 0. The quantitative estimate of drug-likeness (QED) is 0.163. The molecule has 428 valence electrons. The molecule has 6 aromatic carbocycles. The summed E-state index contributed by atoms with van der Waals surface area (Å²) >= 11 is 0. The van der Waals surface area contributed by atoms with E-state index in [1.165, 1.54) is 183 Å². The van der Waals surface area contributed by atoms with Crippen LogP contribution in [-0.4, -0.2) is 12.3 Å². The second kappa shape index (κ2) is 16.8. The number of rotatable bonds is 3. The van der Waals surface area contributed by atoms with Crippen LogP contribution in [0.5, 0.6) is 0 Å². The van der Waals surface area contributed by atoms with Gasteiger partial charge >= 0.3 is 0 Å². The van der Waals surface area contributed by atoms with Gasteiger partial charge in [-0.05, 0) is 249 Å². The molecule has 0 saturated heterocycles. The van der Waals surface area contributed by atoms with Crippen molar-refractivity contribution in [3.8, 4) is 0 Å². The Morgan fingerprint density at radius 1 is 0.317 bits per heavy atom. The lowest BCUT2D eigenvalue weighted by molar-refractivity contribution is 0.195. The maximum atomic E-state index is 2.90. The highest BCUT2D eigenvalue weighted by atomic mass is 15.3. The van der Waals surface area contributed by atoms with E-state index in [1.807, 2.05) is 0 Å². The zero-order valence-corrected chi connectivity index (χ0v) is 54.5. The van der Waals surface area contributed by atoms with Gasteiger partial charge in [-0.25, -0.2) is 0 Å². The number of anilines is 8. The molecule has 2 unspecified atom stereocenters. The van der Waals surface area contributed by atoms with Crippen LogP contribution in [0.2, 0.25) is 0 Å². The predicted molar refractivity (Wildman–Crippen MR) is 354 cm³/mol. The second-order valence-electron chi connectivity index (χ2n) is 34.1. The van der Waals surface area contributed by atoms with Crippen LogP contribution in [0.25, 0.3) is 0 Å². The third-order valence-electron chi connectivity index (χ3n) is 25.0.